The van der Waals surface area contributed by atoms with Crippen molar-refractivity contribution in [1.82, 2.24) is 9.80 Å². The Balaban J connectivity index is 1.56. The average Bonchev–Trinajstić information content (AvgIpc) is 2.97. The van der Waals surface area contributed by atoms with Crippen LogP contribution >= 0.6 is 0 Å². The summed E-state index contributed by atoms with van der Waals surface area (Å²) >= 11 is 0. The van der Waals surface area contributed by atoms with Crippen molar-refractivity contribution in [3.63, 3.8) is 0 Å². The van der Waals surface area contributed by atoms with Gasteiger partial charge in [-0.25, -0.2) is 0 Å². The lowest BCUT2D eigenvalue weighted by atomic mass is 9.71. The third kappa shape index (κ3) is 3.80. The van der Waals surface area contributed by atoms with Crippen molar-refractivity contribution in [3.8, 4) is 0 Å². The lowest BCUT2D eigenvalue weighted by Crippen LogP contribution is -2.55. The van der Waals surface area contributed by atoms with Crippen LogP contribution in [0.5, 0.6) is 0 Å². The fourth-order valence-electron chi connectivity index (χ4n) is 5.82. The predicted octanol–water partition coefficient (Wildman–Crippen LogP) is 3.70. The maximum absolute atomic E-state index is 13.7. The Morgan fingerprint density at radius 2 is 1.76 bits per heavy atom. The lowest BCUT2D eigenvalue weighted by molar-refractivity contribution is -0.154. The van der Waals surface area contributed by atoms with Crippen molar-refractivity contribution < 1.29 is 14.4 Å². The maximum atomic E-state index is 13.7. The van der Waals surface area contributed by atoms with Crippen LogP contribution in [0.2, 0.25) is 0 Å². The summed E-state index contributed by atoms with van der Waals surface area (Å²) in [5, 5.41) is 0. The van der Waals surface area contributed by atoms with Gasteiger partial charge >= 0.3 is 0 Å². The van der Waals surface area contributed by atoms with Crippen LogP contribution < -0.4 is 0 Å². The first-order valence-electron chi connectivity index (χ1n) is 11.4. The second kappa shape index (κ2) is 8.08. The number of rotatable bonds is 4. The number of carbonyl (C=O) groups excluding carboxylic acids is 3. The zero-order chi connectivity index (χ0) is 20.6. The molecule has 0 aromatic heterocycles. The molecular formula is C24H34N2O3. The van der Waals surface area contributed by atoms with Crippen molar-refractivity contribution in [1.29, 1.82) is 0 Å². The molecule has 158 valence electrons. The highest BCUT2D eigenvalue weighted by atomic mass is 16.2. The predicted molar refractivity (Wildman–Crippen MR) is 112 cm³/mol. The van der Waals surface area contributed by atoms with Crippen LogP contribution in [-0.4, -0.2) is 46.7 Å². The molecule has 4 aliphatic rings. The highest BCUT2D eigenvalue weighted by Crippen LogP contribution is 2.42. The minimum absolute atomic E-state index is 0.0133. The van der Waals surface area contributed by atoms with Crippen LogP contribution in [0.3, 0.4) is 0 Å². The molecule has 0 radical (unpaired) electrons. The number of hydrogen-bond donors (Lipinski definition) is 0. The molecule has 4 atom stereocenters. The van der Waals surface area contributed by atoms with Crippen molar-refractivity contribution in [2.24, 2.45) is 23.2 Å². The van der Waals surface area contributed by atoms with Crippen LogP contribution in [0.4, 0.5) is 0 Å². The third-order valence-corrected chi connectivity index (χ3v) is 7.37. The van der Waals surface area contributed by atoms with E-state index in [0.29, 0.717) is 19.3 Å². The molecule has 0 saturated carbocycles. The lowest BCUT2D eigenvalue weighted by Gasteiger charge is -2.45. The first kappa shape index (κ1) is 20.4. The molecule has 0 N–H and O–H groups in total. The van der Waals surface area contributed by atoms with Gasteiger partial charge in [-0.2, -0.15) is 0 Å². The van der Waals surface area contributed by atoms with Gasteiger partial charge in [0.1, 0.15) is 6.04 Å². The summed E-state index contributed by atoms with van der Waals surface area (Å²) in [6.07, 6.45) is 15.7. The average molecular weight is 399 g/mol. The first-order valence-corrected chi connectivity index (χ1v) is 11.4. The normalized spacial score (nSPS) is 32.9. The van der Waals surface area contributed by atoms with Gasteiger partial charge < -0.3 is 4.90 Å². The smallest absolute Gasteiger partial charge is 0.245 e. The van der Waals surface area contributed by atoms with Gasteiger partial charge in [0.25, 0.3) is 0 Å². The van der Waals surface area contributed by atoms with Gasteiger partial charge in [-0.1, -0.05) is 38.2 Å². The van der Waals surface area contributed by atoms with E-state index in [0.717, 1.165) is 45.2 Å². The third-order valence-electron chi connectivity index (χ3n) is 7.37. The fourth-order valence-corrected chi connectivity index (χ4v) is 5.82. The van der Waals surface area contributed by atoms with Crippen molar-refractivity contribution in [2.45, 2.75) is 71.3 Å². The van der Waals surface area contributed by atoms with E-state index in [4.69, 9.17) is 0 Å². The van der Waals surface area contributed by atoms with Crippen LogP contribution in [0.15, 0.2) is 24.3 Å². The minimum atomic E-state index is -0.644. The molecule has 0 aromatic rings. The second-order valence-electron chi connectivity index (χ2n) is 9.93. The number of likely N-dealkylation sites (tertiary alicyclic amines) is 2. The quantitative estimate of drug-likeness (QED) is 0.536. The Bertz CT molecular complexity index is 714. The van der Waals surface area contributed by atoms with Gasteiger partial charge in [0.15, 0.2) is 0 Å². The molecule has 5 heteroatoms. The summed E-state index contributed by atoms with van der Waals surface area (Å²) in [6.45, 7) is 5.62. The summed E-state index contributed by atoms with van der Waals surface area (Å²) in [4.78, 5) is 43.3. The largest absolute Gasteiger partial charge is 0.340 e. The monoisotopic (exact) mass is 398 g/mol. The van der Waals surface area contributed by atoms with E-state index in [-0.39, 0.29) is 40.9 Å². The number of fused-ring (bicyclic) bond motifs is 1. The molecule has 29 heavy (non-hydrogen) atoms. The Hall–Kier alpha value is -1.91. The van der Waals surface area contributed by atoms with Gasteiger partial charge in [-0.05, 0) is 62.7 Å². The van der Waals surface area contributed by atoms with E-state index >= 15 is 0 Å². The molecule has 4 unspecified atom stereocenters. The molecule has 0 aromatic carbocycles. The number of imide groups is 1. The maximum Gasteiger partial charge on any atom is 0.245 e. The second-order valence-corrected chi connectivity index (χ2v) is 9.93. The van der Waals surface area contributed by atoms with Crippen molar-refractivity contribution in [3.05, 3.63) is 24.3 Å². The molecule has 3 amide bonds. The van der Waals surface area contributed by atoms with E-state index < -0.39 is 6.04 Å². The molecule has 2 aliphatic carbocycles. The highest BCUT2D eigenvalue weighted by molar-refractivity contribution is 6.08. The molecular weight excluding hydrogens is 364 g/mol. The number of hydrogen-bond acceptors (Lipinski definition) is 3. The molecule has 2 fully saturated rings. The summed E-state index contributed by atoms with van der Waals surface area (Å²) < 4.78 is 0. The van der Waals surface area contributed by atoms with Crippen molar-refractivity contribution >= 4 is 17.7 Å². The molecule has 4 rings (SSSR count). The van der Waals surface area contributed by atoms with E-state index in [1.807, 2.05) is 17.1 Å². The minimum Gasteiger partial charge on any atom is -0.340 e. The summed E-state index contributed by atoms with van der Waals surface area (Å²) in [5.41, 5.74) is 0.183. The zero-order valence-electron chi connectivity index (χ0n) is 17.8. The molecule has 5 nitrogen and oxygen atoms in total. The Kier molecular flexibility index (Phi) is 5.67. The topological polar surface area (TPSA) is 57.7 Å². The van der Waals surface area contributed by atoms with Gasteiger partial charge in [0.05, 0.1) is 11.8 Å². The standard InChI is InChI=1S/C24H34N2O3/c1-17(2)15-20(26-21(27)18-9-4-5-10-19(18)22(26)28)23(29)25-14-8-13-24(16-25)11-6-3-7-12-24/h3-6,17-20H,7-16H2,1-2H3. The molecule has 2 heterocycles. The fraction of sp³-hybridized carbons (Fsp3) is 0.708. The first-order chi connectivity index (χ1) is 13.9. The van der Waals surface area contributed by atoms with Gasteiger partial charge in [-0.15, -0.1) is 0 Å². The summed E-state index contributed by atoms with van der Waals surface area (Å²) in [5.74, 6) is -0.578. The molecule has 1 spiro atoms. The van der Waals surface area contributed by atoms with E-state index in [1.165, 1.54) is 4.90 Å². The number of nitrogens with zero attached hydrogens (tertiary/aromatic N) is 2. The molecule has 2 aliphatic heterocycles. The van der Waals surface area contributed by atoms with E-state index in [9.17, 15) is 14.4 Å². The molecule has 0 bridgehead atoms. The van der Waals surface area contributed by atoms with Crippen LogP contribution in [0.1, 0.15) is 65.2 Å². The molecule has 2 saturated heterocycles. The highest BCUT2D eigenvalue weighted by Gasteiger charge is 2.52. The van der Waals surface area contributed by atoms with Gasteiger partial charge in [0.2, 0.25) is 17.7 Å². The van der Waals surface area contributed by atoms with E-state index in [2.05, 4.69) is 26.0 Å². The Labute approximate surface area is 174 Å². The van der Waals surface area contributed by atoms with Gasteiger partial charge in [0, 0.05) is 13.1 Å². The van der Waals surface area contributed by atoms with Crippen LogP contribution in [0, 0.1) is 23.2 Å². The van der Waals surface area contributed by atoms with Crippen LogP contribution in [-0.2, 0) is 14.4 Å². The number of amides is 3. The number of allylic oxidation sites excluding steroid dienone is 4. The van der Waals surface area contributed by atoms with Crippen LogP contribution in [0.25, 0.3) is 0 Å². The van der Waals surface area contributed by atoms with Crippen molar-refractivity contribution in [2.75, 3.05) is 13.1 Å². The number of carbonyl (C=O) groups is 3. The Morgan fingerprint density at radius 3 is 2.34 bits per heavy atom. The Morgan fingerprint density at radius 1 is 1.07 bits per heavy atom. The number of piperidine rings is 1. The van der Waals surface area contributed by atoms with E-state index in [1.54, 1.807) is 0 Å². The summed E-state index contributed by atoms with van der Waals surface area (Å²) in [7, 11) is 0. The zero-order valence-corrected chi connectivity index (χ0v) is 17.8. The summed E-state index contributed by atoms with van der Waals surface area (Å²) in [6, 6.07) is -0.644. The SMILES string of the molecule is CC(C)CC(C(=O)N1CCCC2(CC=CCC2)C1)N1C(=O)C2CC=CCC2C1=O. The van der Waals surface area contributed by atoms with Gasteiger partial charge in [-0.3, -0.25) is 19.3 Å².